The van der Waals surface area contributed by atoms with Crippen molar-refractivity contribution in [3.63, 3.8) is 0 Å². The topological polar surface area (TPSA) is 30.5 Å². The van der Waals surface area contributed by atoms with Crippen LogP contribution in [0.3, 0.4) is 0 Å². The zero-order chi connectivity index (χ0) is 15.2. The van der Waals surface area contributed by atoms with E-state index in [1.54, 1.807) is 7.11 Å². The zero-order valence-corrected chi connectivity index (χ0v) is 14.3. The summed E-state index contributed by atoms with van der Waals surface area (Å²) in [6.45, 7) is 3.15. The summed E-state index contributed by atoms with van der Waals surface area (Å²) in [6.07, 6.45) is 0. The van der Waals surface area contributed by atoms with Crippen LogP contribution in [0.5, 0.6) is 11.5 Å². The Bertz CT molecular complexity index is 619. The van der Waals surface area contributed by atoms with Crippen LogP contribution in [-0.2, 0) is 6.54 Å². The van der Waals surface area contributed by atoms with Gasteiger partial charge in [0.1, 0.15) is 0 Å². The molecule has 2 aromatic rings. The van der Waals surface area contributed by atoms with E-state index in [0.29, 0.717) is 18.2 Å². The minimum Gasteiger partial charge on any atom is -0.493 e. The van der Waals surface area contributed by atoms with Gasteiger partial charge in [-0.05, 0) is 31.2 Å². The minimum atomic E-state index is 0.597. The van der Waals surface area contributed by atoms with Crippen molar-refractivity contribution in [1.82, 2.24) is 0 Å². The molecule has 0 aliphatic heterocycles. The van der Waals surface area contributed by atoms with Crippen molar-refractivity contribution < 1.29 is 9.47 Å². The summed E-state index contributed by atoms with van der Waals surface area (Å²) in [7, 11) is 1.65. The highest BCUT2D eigenvalue weighted by Crippen LogP contribution is 2.32. The Kier molecular flexibility index (Phi) is 5.76. The Labute approximate surface area is 138 Å². The molecule has 0 aliphatic carbocycles. The van der Waals surface area contributed by atoms with E-state index in [9.17, 15) is 0 Å². The van der Waals surface area contributed by atoms with E-state index in [1.165, 1.54) is 0 Å². The summed E-state index contributed by atoms with van der Waals surface area (Å²) >= 11 is 9.62. The van der Waals surface area contributed by atoms with Gasteiger partial charge in [-0.3, -0.25) is 0 Å². The molecule has 0 unspecified atom stereocenters. The van der Waals surface area contributed by atoms with Gasteiger partial charge in [-0.2, -0.15) is 0 Å². The van der Waals surface area contributed by atoms with Gasteiger partial charge in [-0.25, -0.2) is 0 Å². The van der Waals surface area contributed by atoms with E-state index in [4.69, 9.17) is 21.1 Å². The Morgan fingerprint density at radius 1 is 1.24 bits per heavy atom. The quantitative estimate of drug-likeness (QED) is 0.765. The van der Waals surface area contributed by atoms with Gasteiger partial charge in [0.05, 0.1) is 24.4 Å². The lowest BCUT2D eigenvalue weighted by Gasteiger charge is -2.15. The van der Waals surface area contributed by atoms with Crippen molar-refractivity contribution in [2.75, 3.05) is 19.0 Å². The van der Waals surface area contributed by atoms with Crippen LogP contribution >= 0.6 is 27.5 Å². The summed E-state index contributed by atoms with van der Waals surface area (Å²) in [4.78, 5) is 0. The molecular weight excluding hydrogens is 354 g/mol. The fraction of sp³-hybridized carbons (Fsp3) is 0.250. The monoisotopic (exact) mass is 369 g/mol. The van der Waals surface area contributed by atoms with Gasteiger partial charge in [-0.15, -0.1) is 0 Å². The van der Waals surface area contributed by atoms with Crippen LogP contribution in [0.15, 0.2) is 40.9 Å². The molecule has 2 aromatic carbocycles. The van der Waals surface area contributed by atoms with Gasteiger partial charge in [-0.1, -0.05) is 39.7 Å². The van der Waals surface area contributed by atoms with E-state index in [1.807, 2.05) is 43.3 Å². The Morgan fingerprint density at radius 2 is 2.05 bits per heavy atom. The minimum absolute atomic E-state index is 0.597. The molecule has 0 amide bonds. The third kappa shape index (κ3) is 4.05. The molecule has 0 bridgehead atoms. The first-order valence-electron chi connectivity index (χ1n) is 6.63. The molecule has 3 nitrogen and oxygen atoms in total. The van der Waals surface area contributed by atoms with Crippen molar-refractivity contribution >= 4 is 33.2 Å². The summed E-state index contributed by atoms with van der Waals surface area (Å²) in [5, 5.41) is 4.00. The normalized spacial score (nSPS) is 10.3. The highest BCUT2D eigenvalue weighted by atomic mass is 79.9. The Hall–Kier alpha value is -1.39. The van der Waals surface area contributed by atoms with Gasteiger partial charge in [0, 0.05) is 16.6 Å². The SMILES string of the molecule is CCOc1cccc(CNc2cc(Br)ccc2Cl)c1OC. The number of hydrogen-bond donors (Lipinski definition) is 1. The molecule has 0 aliphatic rings. The zero-order valence-electron chi connectivity index (χ0n) is 12.0. The van der Waals surface area contributed by atoms with Crippen LogP contribution in [-0.4, -0.2) is 13.7 Å². The molecule has 0 spiro atoms. The second kappa shape index (κ2) is 7.57. The summed E-state index contributed by atoms with van der Waals surface area (Å²) in [5.74, 6) is 1.50. The van der Waals surface area contributed by atoms with Gasteiger partial charge in [0.2, 0.25) is 0 Å². The van der Waals surface area contributed by atoms with Crippen molar-refractivity contribution in [1.29, 1.82) is 0 Å². The van der Waals surface area contributed by atoms with Gasteiger partial charge < -0.3 is 14.8 Å². The maximum Gasteiger partial charge on any atom is 0.165 e. The van der Waals surface area contributed by atoms with Gasteiger partial charge in [0.25, 0.3) is 0 Å². The maximum atomic E-state index is 6.18. The molecule has 112 valence electrons. The van der Waals surface area contributed by atoms with E-state index in [-0.39, 0.29) is 0 Å². The lowest BCUT2D eigenvalue weighted by Crippen LogP contribution is -2.04. The second-order valence-electron chi connectivity index (χ2n) is 4.36. The summed E-state index contributed by atoms with van der Waals surface area (Å²) in [5.41, 5.74) is 1.88. The standard InChI is InChI=1S/C16H17BrClNO2/c1-3-21-15-6-4-5-11(16(15)20-2)10-19-14-9-12(17)7-8-13(14)18/h4-9,19H,3,10H2,1-2H3. The molecule has 0 atom stereocenters. The van der Waals surface area contributed by atoms with E-state index in [0.717, 1.165) is 27.2 Å². The van der Waals surface area contributed by atoms with Crippen LogP contribution in [0.4, 0.5) is 5.69 Å². The molecule has 0 aromatic heterocycles. The molecule has 2 rings (SSSR count). The van der Waals surface area contributed by atoms with Crippen LogP contribution in [0.2, 0.25) is 5.02 Å². The lowest BCUT2D eigenvalue weighted by atomic mass is 10.1. The average Bonchev–Trinajstić information content (AvgIpc) is 2.48. The number of para-hydroxylation sites is 1. The third-order valence-corrected chi connectivity index (χ3v) is 3.78. The Morgan fingerprint density at radius 3 is 2.76 bits per heavy atom. The lowest BCUT2D eigenvalue weighted by molar-refractivity contribution is 0.309. The van der Waals surface area contributed by atoms with E-state index < -0.39 is 0 Å². The average molecular weight is 371 g/mol. The van der Waals surface area contributed by atoms with E-state index >= 15 is 0 Å². The fourth-order valence-electron chi connectivity index (χ4n) is 2.02. The highest BCUT2D eigenvalue weighted by Gasteiger charge is 2.10. The van der Waals surface area contributed by atoms with Crippen LogP contribution in [0, 0.1) is 0 Å². The molecule has 0 fully saturated rings. The molecule has 21 heavy (non-hydrogen) atoms. The number of hydrogen-bond acceptors (Lipinski definition) is 3. The molecule has 0 radical (unpaired) electrons. The van der Waals surface area contributed by atoms with Crippen LogP contribution in [0.1, 0.15) is 12.5 Å². The second-order valence-corrected chi connectivity index (χ2v) is 5.68. The first-order chi connectivity index (χ1) is 10.2. The van der Waals surface area contributed by atoms with Crippen molar-refractivity contribution in [3.8, 4) is 11.5 Å². The maximum absolute atomic E-state index is 6.18. The van der Waals surface area contributed by atoms with Crippen molar-refractivity contribution in [3.05, 3.63) is 51.5 Å². The number of rotatable bonds is 6. The Balaban J connectivity index is 2.19. The predicted molar refractivity (Wildman–Crippen MR) is 90.6 cm³/mol. The molecule has 0 saturated heterocycles. The summed E-state index contributed by atoms with van der Waals surface area (Å²) < 4.78 is 12.0. The molecular formula is C16H17BrClNO2. The van der Waals surface area contributed by atoms with Gasteiger partial charge >= 0.3 is 0 Å². The van der Waals surface area contributed by atoms with Gasteiger partial charge in [0.15, 0.2) is 11.5 Å². The number of anilines is 1. The largest absolute Gasteiger partial charge is 0.493 e. The summed E-state index contributed by atoms with van der Waals surface area (Å²) in [6, 6.07) is 11.6. The highest BCUT2D eigenvalue weighted by molar-refractivity contribution is 9.10. The van der Waals surface area contributed by atoms with Crippen LogP contribution in [0.25, 0.3) is 0 Å². The fourth-order valence-corrected chi connectivity index (χ4v) is 2.57. The molecule has 0 heterocycles. The van der Waals surface area contributed by atoms with Crippen molar-refractivity contribution in [2.45, 2.75) is 13.5 Å². The molecule has 0 saturated carbocycles. The number of methoxy groups -OCH3 is 1. The van der Waals surface area contributed by atoms with Crippen molar-refractivity contribution in [2.24, 2.45) is 0 Å². The number of ether oxygens (including phenoxy) is 2. The molecule has 1 N–H and O–H groups in total. The number of halogens is 2. The number of benzene rings is 2. The molecule has 5 heteroatoms. The third-order valence-electron chi connectivity index (χ3n) is 2.96. The van der Waals surface area contributed by atoms with E-state index in [2.05, 4.69) is 21.2 Å². The first kappa shape index (κ1) is 16.0. The number of nitrogens with one attached hydrogen (secondary N) is 1. The van der Waals surface area contributed by atoms with Crippen LogP contribution < -0.4 is 14.8 Å². The smallest absolute Gasteiger partial charge is 0.165 e. The predicted octanol–water partition coefficient (Wildman–Crippen LogP) is 5.12. The first-order valence-corrected chi connectivity index (χ1v) is 7.80.